The Hall–Kier alpha value is -5.12. The van der Waals surface area contributed by atoms with Gasteiger partial charge in [-0.25, -0.2) is 0 Å². The molecule has 1 amide bonds. The van der Waals surface area contributed by atoms with Crippen LogP contribution in [0.1, 0.15) is 55.8 Å². The van der Waals surface area contributed by atoms with Gasteiger partial charge in [-0.15, -0.1) is 0 Å². The number of H-pyrrole nitrogens is 1. The number of phenols is 2. The number of methoxy groups -OCH3 is 4. The van der Waals surface area contributed by atoms with Crippen molar-refractivity contribution in [2.24, 2.45) is 0 Å². The molecule has 0 aliphatic carbocycles. The number of hydrogen-bond donors (Lipinski definition) is 4. The topological polar surface area (TPSA) is 153 Å². The molecule has 1 fully saturated rings. The third-order valence-electron chi connectivity index (χ3n) is 11.0. The number of rotatable bonds is 7. The molecular formula is C37H41N5O7. The monoisotopic (exact) mass is 667 g/mol. The number of aromatic amines is 1. The van der Waals surface area contributed by atoms with E-state index in [2.05, 4.69) is 26.2 Å². The highest BCUT2D eigenvalue weighted by molar-refractivity contribution is 6.06. The molecule has 4 N–H and O–H groups in total. The molecule has 4 aromatic rings. The Balaban J connectivity index is 1.43. The van der Waals surface area contributed by atoms with Crippen LogP contribution >= 0.6 is 0 Å². The van der Waals surface area contributed by atoms with Crippen LogP contribution in [-0.4, -0.2) is 91.1 Å². The normalized spacial score (nSPS) is 22.8. The molecule has 1 unspecified atom stereocenters. The number of ether oxygens (including phenoxy) is 4. The van der Waals surface area contributed by atoms with Crippen molar-refractivity contribution < 1.29 is 34.0 Å². The number of nitriles is 1. The second-order valence-corrected chi connectivity index (χ2v) is 13.0. The zero-order valence-electron chi connectivity index (χ0n) is 28.7. The first-order valence-corrected chi connectivity index (χ1v) is 16.3. The maximum Gasteiger partial charge on any atom is 0.252 e. The fourth-order valence-electron chi connectivity index (χ4n) is 8.98. The molecule has 5 atom stereocenters. The summed E-state index contributed by atoms with van der Waals surface area (Å²) < 4.78 is 23.3. The van der Waals surface area contributed by atoms with Gasteiger partial charge in [0, 0.05) is 74.7 Å². The number of nitrogens with zero attached hydrogens (tertiary/aromatic N) is 3. The number of aromatic hydroxyl groups is 2. The summed E-state index contributed by atoms with van der Waals surface area (Å²) in [5, 5.41) is 38.6. The van der Waals surface area contributed by atoms with Crippen molar-refractivity contribution in [3.8, 4) is 40.6 Å². The lowest BCUT2D eigenvalue weighted by Crippen LogP contribution is -2.68. The van der Waals surface area contributed by atoms with Crippen LogP contribution in [0.25, 0.3) is 10.9 Å². The van der Waals surface area contributed by atoms with E-state index in [0.717, 1.165) is 22.0 Å². The van der Waals surface area contributed by atoms with Crippen LogP contribution in [0.4, 0.5) is 0 Å². The van der Waals surface area contributed by atoms with Gasteiger partial charge in [0.1, 0.15) is 17.5 Å². The Morgan fingerprint density at radius 2 is 1.51 bits per heavy atom. The van der Waals surface area contributed by atoms with Gasteiger partial charge in [0.15, 0.2) is 23.0 Å². The van der Waals surface area contributed by atoms with Crippen molar-refractivity contribution in [2.75, 3.05) is 42.0 Å². The average Bonchev–Trinajstić information content (AvgIpc) is 3.58. The number of piperazine rings is 1. The molecule has 3 aliphatic heterocycles. The molecule has 3 aromatic carbocycles. The summed E-state index contributed by atoms with van der Waals surface area (Å²) in [7, 11) is 8.19. The predicted molar refractivity (Wildman–Crippen MR) is 182 cm³/mol. The lowest BCUT2D eigenvalue weighted by atomic mass is 9.71. The second-order valence-electron chi connectivity index (χ2n) is 13.0. The number of carbonyl (C=O) groups is 1. The second kappa shape index (κ2) is 12.1. The number of carbonyl (C=O) groups excluding carboxylic acids is 1. The molecule has 12 heteroatoms. The molecule has 7 rings (SSSR count). The maximum absolute atomic E-state index is 13.8. The number of hydrogen-bond acceptors (Lipinski definition) is 10. The lowest BCUT2D eigenvalue weighted by Gasteiger charge is -2.60. The van der Waals surface area contributed by atoms with Gasteiger partial charge in [0.25, 0.3) is 5.91 Å². The summed E-state index contributed by atoms with van der Waals surface area (Å²) in [4.78, 5) is 21.3. The van der Waals surface area contributed by atoms with Crippen LogP contribution in [0.2, 0.25) is 0 Å². The van der Waals surface area contributed by atoms with Gasteiger partial charge in [-0.05, 0) is 51.9 Å². The number of benzene rings is 3. The SMILES string of the molecule is COc1c(C)c(OC)c2c(c1O)[C@@H]1[C@@H]3Cc4c(OC)c(C)c(OC)c(O)c4[C@H](CNC(=O)c4cccc5[nH]ccc45)N3C(C#N)[C@H](C2)N1C. The van der Waals surface area contributed by atoms with Gasteiger partial charge in [-0.3, -0.25) is 14.6 Å². The molecule has 1 aromatic heterocycles. The van der Waals surface area contributed by atoms with E-state index in [0.29, 0.717) is 57.9 Å². The Morgan fingerprint density at radius 1 is 0.918 bits per heavy atom. The van der Waals surface area contributed by atoms with Crippen molar-refractivity contribution in [3.05, 3.63) is 69.4 Å². The minimum atomic E-state index is -0.659. The first-order valence-electron chi connectivity index (χ1n) is 16.3. The zero-order valence-corrected chi connectivity index (χ0v) is 28.7. The summed E-state index contributed by atoms with van der Waals surface area (Å²) in [5.41, 5.74) is 5.52. The van der Waals surface area contributed by atoms with Crippen molar-refractivity contribution in [3.63, 3.8) is 0 Å². The van der Waals surface area contributed by atoms with Gasteiger partial charge in [-0.2, -0.15) is 5.26 Å². The van der Waals surface area contributed by atoms with Gasteiger partial charge in [-0.1, -0.05) is 6.07 Å². The van der Waals surface area contributed by atoms with Crippen molar-refractivity contribution >= 4 is 16.8 Å². The fraction of sp³-hybridized carbons (Fsp3) is 0.405. The number of amides is 1. The zero-order chi connectivity index (χ0) is 34.9. The van der Waals surface area contributed by atoms with Gasteiger partial charge in [0.05, 0.1) is 46.6 Å². The smallest absolute Gasteiger partial charge is 0.252 e. The minimum absolute atomic E-state index is 0.0393. The summed E-state index contributed by atoms with van der Waals surface area (Å²) >= 11 is 0. The van der Waals surface area contributed by atoms with Crippen molar-refractivity contribution in [2.45, 2.75) is 56.9 Å². The van der Waals surface area contributed by atoms with E-state index in [1.165, 1.54) is 14.2 Å². The molecule has 4 heterocycles. The molecule has 1 saturated heterocycles. The average molecular weight is 668 g/mol. The number of phenolic OH excluding ortho intramolecular Hbond substituents is 2. The summed E-state index contributed by atoms with van der Waals surface area (Å²) in [6, 6.07) is 7.55. The van der Waals surface area contributed by atoms with Crippen molar-refractivity contribution in [1.82, 2.24) is 20.1 Å². The molecule has 0 saturated carbocycles. The number of likely N-dealkylation sites (N-methyl/N-ethyl adjacent to an activating group) is 1. The van der Waals surface area contributed by atoms with E-state index in [9.17, 15) is 20.3 Å². The number of aromatic nitrogens is 1. The third kappa shape index (κ3) is 4.52. The molecule has 0 spiro atoms. The standard InChI is InChI=1S/C37H41N5O7/c1-17-33(46-4)21-14-25-30-29-22(34(47-5)18(2)36(49-7)32(29)44)13-24(41(30)3)26(15-38)42(25)27(28(21)31(43)35(17)48-6)16-40-37(45)20-9-8-10-23-19(20)11-12-39-23/h8-12,24-27,30,39,43-44H,13-14,16H2,1-7H3,(H,40,45)/t24-,25-,26?,27-,30-/m0/s1. The van der Waals surface area contributed by atoms with Crippen LogP contribution in [0.5, 0.6) is 34.5 Å². The number of fused-ring (bicyclic) bond motifs is 8. The lowest BCUT2D eigenvalue weighted by molar-refractivity contribution is -0.0724. The molecule has 49 heavy (non-hydrogen) atoms. The summed E-state index contributed by atoms with van der Waals surface area (Å²) in [6.45, 7) is 3.76. The molecule has 0 radical (unpaired) electrons. The van der Waals surface area contributed by atoms with E-state index in [4.69, 9.17) is 18.9 Å². The molecule has 2 bridgehead atoms. The van der Waals surface area contributed by atoms with Gasteiger partial charge >= 0.3 is 0 Å². The number of nitrogens with one attached hydrogen (secondary N) is 2. The largest absolute Gasteiger partial charge is 0.504 e. The van der Waals surface area contributed by atoms with Crippen molar-refractivity contribution in [1.29, 1.82) is 5.26 Å². The van der Waals surface area contributed by atoms with Crippen LogP contribution in [-0.2, 0) is 12.8 Å². The Labute approximate surface area is 284 Å². The maximum atomic E-state index is 13.8. The highest BCUT2D eigenvalue weighted by Crippen LogP contribution is 2.58. The Morgan fingerprint density at radius 3 is 2.12 bits per heavy atom. The first kappa shape index (κ1) is 32.4. The summed E-state index contributed by atoms with van der Waals surface area (Å²) in [6.07, 6.45) is 2.60. The van der Waals surface area contributed by atoms with E-state index < -0.39 is 24.2 Å². The van der Waals surface area contributed by atoms with Crippen LogP contribution in [0, 0.1) is 25.2 Å². The predicted octanol–water partition coefficient (Wildman–Crippen LogP) is 4.43. The minimum Gasteiger partial charge on any atom is -0.504 e. The van der Waals surface area contributed by atoms with Gasteiger partial charge in [0.2, 0.25) is 0 Å². The summed E-state index contributed by atoms with van der Waals surface area (Å²) in [5.74, 6) is 1.52. The van der Waals surface area contributed by atoms with E-state index in [1.807, 2.05) is 39.1 Å². The molecule has 256 valence electrons. The van der Waals surface area contributed by atoms with Crippen LogP contribution < -0.4 is 24.3 Å². The van der Waals surface area contributed by atoms with E-state index in [-0.39, 0.29) is 35.7 Å². The van der Waals surface area contributed by atoms with E-state index in [1.54, 1.807) is 26.5 Å². The highest BCUT2D eigenvalue weighted by atomic mass is 16.5. The molecule has 12 nitrogen and oxygen atoms in total. The molecular weight excluding hydrogens is 626 g/mol. The van der Waals surface area contributed by atoms with Gasteiger partial charge < -0.3 is 39.5 Å². The van der Waals surface area contributed by atoms with Crippen LogP contribution in [0.15, 0.2) is 30.5 Å². The van der Waals surface area contributed by atoms with Crippen LogP contribution in [0.3, 0.4) is 0 Å². The molecule has 3 aliphatic rings. The Bertz CT molecular complexity index is 2030. The first-order chi connectivity index (χ1) is 23.6. The fourth-order valence-corrected chi connectivity index (χ4v) is 8.98. The quantitative estimate of drug-likeness (QED) is 0.223. The Kier molecular flexibility index (Phi) is 8.00. The third-order valence-corrected chi connectivity index (χ3v) is 11.0. The highest BCUT2D eigenvalue weighted by Gasteiger charge is 2.57. The van der Waals surface area contributed by atoms with E-state index >= 15 is 0 Å².